The van der Waals surface area contributed by atoms with Crippen molar-refractivity contribution in [2.24, 2.45) is 5.92 Å². The van der Waals surface area contributed by atoms with Gasteiger partial charge in [0.15, 0.2) is 0 Å². The zero-order chi connectivity index (χ0) is 14.7. The summed E-state index contributed by atoms with van der Waals surface area (Å²) in [4.78, 5) is 26.4. The lowest BCUT2D eigenvalue weighted by atomic mass is 10.0. The zero-order valence-electron chi connectivity index (χ0n) is 11.7. The lowest BCUT2D eigenvalue weighted by Crippen LogP contribution is -2.14. The van der Waals surface area contributed by atoms with Gasteiger partial charge in [-0.15, -0.1) is 0 Å². The van der Waals surface area contributed by atoms with Crippen LogP contribution in [0.15, 0.2) is 35.3 Å². The van der Waals surface area contributed by atoms with Gasteiger partial charge in [0.2, 0.25) is 5.91 Å². The summed E-state index contributed by atoms with van der Waals surface area (Å²) in [5.41, 5.74) is 0.540. The number of carbonyl (C=O) groups excluding carboxylic acids is 1. The van der Waals surface area contributed by atoms with Crippen molar-refractivity contribution in [2.45, 2.75) is 19.3 Å². The molecule has 0 bridgehead atoms. The van der Waals surface area contributed by atoms with Gasteiger partial charge in [0.05, 0.1) is 0 Å². The highest BCUT2D eigenvalue weighted by atomic mass is 16.5. The fraction of sp³-hybridized carbons (Fsp3) is 0.375. The Balaban J connectivity index is 1.71. The lowest BCUT2D eigenvalue weighted by Gasteiger charge is -2.10. The summed E-state index contributed by atoms with van der Waals surface area (Å²) >= 11 is 0. The van der Waals surface area contributed by atoms with Gasteiger partial charge in [0, 0.05) is 42.3 Å². The summed E-state index contributed by atoms with van der Waals surface area (Å²) in [5.74, 6) is 0.473. The summed E-state index contributed by atoms with van der Waals surface area (Å²) in [6.45, 7) is 1.56. The molecule has 5 heteroatoms. The molecule has 0 saturated carbocycles. The molecule has 1 aromatic carbocycles. The van der Waals surface area contributed by atoms with Gasteiger partial charge in [-0.05, 0) is 37.0 Å². The highest BCUT2D eigenvalue weighted by Crippen LogP contribution is 2.22. The predicted octanol–water partition coefficient (Wildman–Crippen LogP) is 2.28. The van der Waals surface area contributed by atoms with Crippen LogP contribution in [-0.2, 0) is 9.53 Å². The first kappa shape index (κ1) is 13.8. The highest BCUT2D eigenvalue weighted by molar-refractivity contribution is 6.01. The Labute approximate surface area is 122 Å². The summed E-state index contributed by atoms with van der Waals surface area (Å²) in [6.07, 6.45) is 3.96. The summed E-state index contributed by atoms with van der Waals surface area (Å²) in [6, 6.07) is 7.15. The van der Waals surface area contributed by atoms with Crippen molar-refractivity contribution in [3.8, 4) is 0 Å². The van der Waals surface area contributed by atoms with Crippen molar-refractivity contribution in [1.82, 2.24) is 4.98 Å². The van der Waals surface area contributed by atoms with E-state index in [4.69, 9.17) is 4.74 Å². The molecule has 1 amide bonds. The van der Waals surface area contributed by atoms with Crippen molar-refractivity contribution in [2.75, 3.05) is 18.5 Å². The normalized spacial score (nSPS) is 18.0. The minimum Gasteiger partial charge on any atom is -0.381 e. The van der Waals surface area contributed by atoms with Crippen molar-refractivity contribution in [3.05, 3.63) is 40.8 Å². The third-order valence-corrected chi connectivity index (χ3v) is 3.89. The average molecular weight is 286 g/mol. The molecule has 0 unspecified atom stereocenters. The van der Waals surface area contributed by atoms with Gasteiger partial charge in [-0.1, -0.05) is 6.07 Å². The van der Waals surface area contributed by atoms with E-state index in [9.17, 15) is 9.59 Å². The van der Waals surface area contributed by atoms with Crippen LogP contribution in [0.3, 0.4) is 0 Å². The van der Waals surface area contributed by atoms with Crippen LogP contribution >= 0.6 is 0 Å². The molecule has 2 N–H and O–H groups in total. The molecule has 5 nitrogen and oxygen atoms in total. The second-order valence-corrected chi connectivity index (χ2v) is 5.39. The number of ether oxygens (including phenoxy) is 1. The molecular weight excluding hydrogens is 268 g/mol. The number of rotatable bonds is 4. The van der Waals surface area contributed by atoms with Crippen LogP contribution in [0.2, 0.25) is 0 Å². The van der Waals surface area contributed by atoms with E-state index >= 15 is 0 Å². The van der Waals surface area contributed by atoms with E-state index < -0.39 is 0 Å². The molecule has 1 fully saturated rings. The fourth-order valence-corrected chi connectivity index (χ4v) is 2.69. The molecule has 1 aliphatic rings. The van der Waals surface area contributed by atoms with Gasteiger partial charge >= 0.3 is 0 Å². The van der Waals surface area contributed by atoms with Crippen molar-refractivity contribution in [1.29, 1.82) is 0 Å². The number of aromatic amines is 1. The number of nitrogens with one attached hydrogen (secondary N) is 2. The van der Waals surface area contributed by atoms with Crippen LogP contribution in [0, 0.1) is 5.92 Å². The molecule has 2 heterocycles. The monoisotopic (exact) mass is 286 g/mol. The van der Waals surface area contributed by atoms with E-state index in [1.54, 1.807) is 24.4 Å². The van der Waals surface area contributed by atoms with Gasteiger partial charge in [0.25, 0.3) is 5.56 Å². The Bertz CT molecular complexity index is 702. The van der Waals surface area contributed by atoms with Crippen LogP contribution in [-0.4, -0.2) is 24.1 Å². The van der Waals surface area contributed by atoms with Gasteiger partial charge < -0.3 is 15.0 Å². The van der Waals surface area contributed by atoms with Crippen LogP contribution in [0.5, 0.6) is 0 Å². The Kier molecular flexibility index (Phi) is 4.01. The van der Waals surface area contributed by atoms with Gasteiger partial charge in [0.1, 0.15) is 0 Å². The molecule has 1 aromatic heterocycles. The number of hydrogen-bond donors (Lipinski definition) is 2. The fourth-order valence-electron chi connectivity index (χ4n) is 2.69. The maximum Gasteiger partial charge on any atom is 0.255 e. The molecular formula is C16H18N2O3. The van der Waals surface area contributed by atoms with E-state index in [0.29, 0.717) is 23.4 Å². The largest absolute Gasteiger partial charge is 0.381 e. The Morgan fingerprint density at radius 2 is 2.24 bits per heavy atom. The SMILES string of the molecule is O=C(CC[C@@H]1CCOC1)Nc1cccc2c(=O)[nH]ccc12. The summed E-state index contributed by atoms with van der Waals surface area (Å²) in [7, 11) is 0. The maximum absolute atomic E-state index is 12.1. The van der Waals surface area contributed by atoms with Crippen LogP contribution < -0.4 is 10.9 Å². The molecule has 110 valence electrons. The number of pyridine rings is 1. The standard InChI is InChI=1S/C16H18N2O3/c19-15(5-4-11-7-9-21-10-11)18-14-3-1-2-13-12(14)6-8-17-16(13)20/h1-3,6,8,11H,4-5,7,9-10H2,(H,17,20)(H,18,19)/t11-/m1/s1. The van der Waals surface area contributed by atoms with Crippen molar-refractivity contribution >= 4 is 22.4 Å². The molecule has 1 aliphatic heterocycles. The molecule has 2 aromatic rings. The topological polar surface area (TPSA) is 71.2 Å². The van der Waals surface area contributed by atoms with Crippen molar-refractivity contribution < 1.29 is 9.53 Å². The lowest BCUT2D eigenvalue weighted by molar-refractivity contribution is -0.116. The number of aromatic nitrogens is 1. The van der Waals surface area contributed by atoms with E-state index in [-0.39, 0.29) is 11.5 Å². The minimum absolute atomic E-state index is 0.0188. The maximum atomic E-state index is 12.1. The second-order valence-electron chi connectivity index (χ2n) is 5.39. The van der Waals surface area contributed by atoms with E-state index in [1.165, 1.54) is 0 Å². The van der Waals surface area contributed by atoms with Gasteiger partial charge in [-0.2, -0.15) is 0 Å². The van der Waals surface area contributed by atoms with Gasteiger partial charge in [-0.3, -0.25) is 9.59 Å². The molecule has 1 atom stereocenters. The third-order valence-electron chi connectivity index (χ3n) is 3.89. The number of carbonyl (C=O) groups is 1. The first-order chi connectivity index (χ1) is 10.2. The summed E-state index contributed by atoms with van der Waals surface area (Å²) < 4.78 is 5.31. The molecule has 3 rings (SSSR count). The zero-order valence-corrected chi connectivity index (χ0v) is 11.7. The van der Waals surface area contributed by atoms with E-state index in [2.05, 4.69) is 10.3 Å². The Morgan fingerprint density at radius 1 is 1.33 bits per heavy atom. The molecule has 1 saturated heterocycles. The molecule has 0 radical (unpaired) electrons. The van der Waals surface area contributed by atoms with Crippen LogP contribution in [0.25, 0.3) is 10.8 Å². The molecule has 21 heavy (non-hydrogen) atoms. The van der Waals surface area contributed by atoms with Crippen LogP contribution in [0.4, 0.5) is 5.69 Å². The smallest absolute Gasteiger partial charge is 0.255 e. The number of amides is 1. The highest BCUT2D eigenvalue weighted by Gasteiger charge is 2.17. The number of fused-ring (bicyclic) bond motifs is 1. The number of anilines is 1. The van der Waals surface area contributed by atoms with E-state index in [0.717, 1.165) is 31.4 Å². The molecule has 0 spiro atoms. The summed E-state index contributed by atoms with van der Waals surface area (Å²) in [5, 5.41) is 4.25. The minimum atomic E-state index is -0.147. The molecule has 0 aliphatic carbocycles. The Hall–Kier alpha value is -2.14. The first-order valence-electron chi connectivity index (χ1n) is 7.22. The number of H-pyrrole nitrogens is 1. The van der Waals surface area contributed by atoms with Crippen LogP contribution in [0.1, 0.15) is 19.3 Å². The number of hydrogen-bond acceptors (Lipinski definition) is 3. The van der Waals surface area contributed by atoms with Crippen molar-refractivity contribution in [3.63, 3.8) is 0 Å². The quantitative estimate of drug-likeness (QED) is 0.905. The first-order valence-corrected chi connectivity index (χ1v) is 7.22. The average Bonchev–Trinajstić information content (AvgIpc) is 3.00. The number of benzene rings is 1. The van der Waals surface area contributed by atoms with Gasteiger partial charge in [-0.25, -0.2) is 0 Å². The second kappa shape index (κ2) is 6.10. The Morgan fingerprint density at radius 3 is 3.05 bits per heavy atom. The van der Waals surface area contributed by atoms with E-state index in [1.807, 2.05) is 6.07 Å². The third kappa shape index (κ3) is 3.13. The predicted molar refractivity (Wildman–Crippen MR) is 81.4 cm³/mol.